The maximum absolute atomic E-state index is 5.98. The standard InChI is InChI=1S/C24H32N8O/c1-30(2)9-10-31-11-13-32(14-12-31)20-5-3-19(4-6-20)21-16-28-23(26)24(29-21)33-17-18-7-8-27-22(25)15-18/h3-8,15-16H,9-14,17H2,1-2H3,(H2,25,27)(H2,26,28). The number of hydrogen-bond donors (Lipinski definition) is 2. The highest BCUT2D eigenvalue weighted by molar-refractivity contribution is 5.64. The minimum atomic E-state index is 0.254. The van der Waals surface area contributed by atoms with Gasteiger partial charge in [0.2, 0.25) is 0 Å². The van der Waals surface area contributed by atoms with E-state index < -0.39 is 0 Å². The van der Waals surface area contributed by atoms with Gasteiger partial charge in [-0.15, -0.1) is 0 Å². The molecular weight excluding hydrogens is 416 g/mol. The number of rotatable bonds is 8. The van der Waals surface area contributed by atoms with E-state index in [-0.39, 0.29) is 12.4 Å². The van der Waals surface area contributed by atoms with Crippen LogP contribution in [0.3, 0.4) is 0 Å². The van der Waals surface area contributed by atoms with Gasteiger partial charge in [0.05, 0.1) is 11.9 Å². The molecule has 174 valence electrons. The van der Waals surface area contributed by atoms with E-state index in [0.29, 0.717) is 17.4 Å². The number of aromatic nitrogens is 3. The zero-order valence-electron chi connectivity index (χ0n) is 19.3. The third-order valence-corrected chi connectivity index (χ3v) is 5.75. The van der Waals surface area contributed by atoms with Crippen LogP contribution in [0, 0.1) is 0 Å². The molecule has 9 heteroatoms. The van der Waals surface area contributed by atoms with Gasteiger partial charge in [-0.05, 0) is 43.9 Å². The molecule has 0 saturated carbocycles. The average Bonchev–Trinajstić information content (AvgIpc) is 2.83. The molecule has 1 fully saturated rings. The molecule has 9 nitrogen and oxygen atoms in total. The zero-order valence-corrected chi connectivity index (χ0v) is 19.3. The SMILES string of the molecule is CN(C)CCN1CCN(c2ccc(-c3cnc(N)c(OCc4ccnc(N)c4)n3)cc2)CC1. The largest absolute Gasteiger partial charge is 0.470 e. The Kier molecular flexibility index (Phi) is 7.21. The summed E-state index contributed by atoms with van der Waals surface area (Å²) in [6, 6.07) is 12.0. The number of hydrogen-bond acceptors (Lipinski definition) is 9. The van der Waals surface area contributed by atoms with Crippen LogP contribution in [0.5, 0.6) is 5.88 Å². The van der Waals surface area contributed by atoms with Crippen molar-refractivity contribution in [2.45, 2.75) is 6.61 Å². The lowest BCUT2D eigenvalue weighted by Gasteiger charge is -2.36. The molecule has 1 aromatic carbocycles. The fourth-order valence-electron chi connectivity index (χ4n) is 3.78. The number of ether oxygens (including phenoxy) is 1. The molecule has 0 unspecified atom stereocenters. The van der Waals surface area contributed by atoms with Crippen LogP contribution in [0.25, 0.3) is 11.3 Å². The molecule has 2 aromatic heterocycles. The molecule has 3 heterocycles. The van der Waals surface area contributed by atoms with Crippen LogP contribution in [0.2, 0.25) is 0 Å². The summed E-state index contributed by atoms with van der Waals surface area (Å²) in [6.45, 7) is 6.74. The number of nitrogens with zero attached hydrogens (tertiary/aromatic N) is 6. The summed E-state index contributed by atoms with van der Waals surface area (Å²) in [5.74, 6) is 1.00. The lowest BCUT2D eigenvalue weighted by Crippen LogP contribution is -2.48. The van der Waals surface area contributed by atoms with Crippen molar-refractivity contribution in [1.29, 1.82) is 0 Å². The van der Waals surface area contributed by atoms with Crippen LogP contribution in [-0.2, 0) is 6.61 Å². The number of nitrogen functional groups attached to an aromatic ring is 2. The molecule has 0 bridgehead atoms. The lowest BCUT2D eigenvalue weighted by molar-refractivity contribution is 0.229. The number of piperazine rings is 1. The summed E-state index contributed by atoms with van der Waals surface area (Å²) in [5.41, 5.74) is 15.5. The van der Waals surface area contributed by atoms with Gasteiger partial charge in [0, 0.05) is 56.7 Å². The van der Waals surface area contributed by atoms with Crippen molar-refractivity contribution < 1.29 is 4.74 Å². The summed E-state index contributed by atoms with van der Waals surface area (Å²) in [6.07, 6.45) is 3.32. The topological polar surface area (TPSA) is 110 Å². The Hall–Kier alpha value is -3.43. The predicted octanol–water partition coefficient (Wildman–Crippen LogP) is 1.97. The molecule has 1 aliphatic rings. The first-order valence-electron chi connectivity index (χ1n) is 11.2. The first-order chi connectivity index (χ1) is 16.0. The van der Waals surface area contributed by atoms with Gasteiger partial charge in [-0.2, -0.15) is 0 Å². The first-order valence-corrected chi connectivity index (χ1v) is 11.2. The average molecular weight is 449 g/mol. The van der Waals surface area contributed by atoms with E-state index in [1.807, 2.05) is 6.07 Å². The molecule has 0 amide bonds. The van der Waals surface area contributed by atoms with Crippen LogP contribution in [0.4, 0.5) is 17.3 Å². The molecule has 1 saturated heterocycles. The quantitative estimate of drug-likeness (QED) is 0.534. The molecule has 0 aliphatic carbocycles. The molecule has 0 spiro atoms. The summed E-state index contributed by atoms with van der Waals surface area (Å²) in [5, 5.41) is 0. The minimum absolute atomic E-state index is 0.254. The second-order valence-corrected chi connectivity index (χ2v) is 8.50. The Morgan fingerprint density at radius 2 is 1.76 bits per heavy atom. The molecule has 4 rings (SSSR count). The van der Waals surface area contributed by atoms with Crippen LogP contribution >= 0.6 is 0 Å². The van der Waals surface area contributed by atoms with Gasteiger partial charge in [-0.1, -0.05) is 12.1 Å². The van der Waals surface area contributed by atoms with Crippen molar-refractivity contribution in [1.82, 2.24) is 24.8 Å². The van der Waals surface area contributed by atoms with Crippen LogP contribution < -0.4 is 21.1 Å². The van der Waals surface area contributed by atoms with E-state index in [9.17, 15) is 0 Å². The Labute approximate surface area is 195 Å². The minimum Gasteiger partial charge on any atom is -0.470 e. The highest BCUT2D eigenvalue weighted by Gasteiger charge is 2.17. The van der Waals surface area contributed by atoms with Gasteiger partial charge < -0.3 is 26.0 Å². The first kappa shape index (κ1) is 22.8. The summed E-state index contributed by atoms with van der Waals surface area (Å²) in [4.78, 5) is 20.0. The zero-order chi connectivity index (χ0) is 23.2. The van der Waals surface area contributed by atoms with E-state index in [1.165, 1.54) is 5.69 Å². The second-order valence-electron chi connectivity index (χ2n) is 8.50. The van der Waals surface area contributed by atoms with Crippen molar-refractivity contribution >= 4 is 17.3 Å². The Bertz CT molecular complexity index is 1050. The summed E-state index contributed by atoms with van der Waals surface area (Å²) >= 11 is 0. The van der Waals surface area contributed by atoms with Crippen molar-refractivity contribution in [3.63, 3.8) is 0 Å². The maximum Gasteiger partial charge on any atom is 0.258 e. The second kappa shape index (κ2) is 10.5. The van der Waals surface area contributed by atoms with E-state index in [2.05, 4.69) is 68.0 Å². The Morgan fingerprint density at radius 1 is 1.00 bits per heavy atom. The third kappa shape index (κ3) is 6.09. The van der Waals surface area contributed by atoms with Crippen molar-refractivity contribution in [3.05, 3.63) is 54.4 Å². The number of benzene rings is 1. The maximum atomic E-state index is 5.98. The smallest absolute Gasteiger partial charge is 0.258 e. The highest BCUT2D eigenvalue weighted by atomic mass is 16.5. The van der Waals surface area contributed by atoms with Gasteiger partial charge in [0.15, 0.2) is 5.82 Å². The van der Waals surface area contributed by atoms with E-state index >= 15 is 0 Å². The number of nitrogens with two attached hydrogens (primary N) is 2. The summed E-state index contributed by atoms with van der Waals surface area (Å²) < 4.78 is 5.81. The van der Waals surface area contributed by atoms with Gasteiger partial charge in [0.1, 0.15) is 12.4 Å². The normalized spacial score (nSPS) is 14.6. The molecular formula is C24H32N8O. The monoisotopic (exact) mass is 448 g/mol. The third-order valence-electron chi connectivity index (χ3n) is 5.75. The number of anilines is 3. The predicted molar refractivity (Wildman–Crippen MR) is 132 cm³/mol. The van der Waals surface area contributed by atoms with E-state index in [1.54, 1.807) is 18.5 Å². The van der Waals surface area contributed by atoms with Crippen LogP contribution in [-0.4, -0.2) is 78.1 Å². The Morgan fingerprint density at radius 3 is 2.45 bits per heavy atom. The molecule has 4 N–H and O–H groups in total. The van der Waals surface area contributed by atoms with Gasteiger partial charge in [0.25, 0.3) is 5.88 Å². The molecule has 3 aromatic rings. The van der Waals surface area contributed by atoms with Gasteiger partial charge >= 0.3 is 0 Å². The van der Waals surface area contributed by atoms with E-state index in [4.69, 9.17) is 16.2 Å². The molecule has 0 atom stereocenters. The highest BCUT2D eigenvalue weighted by Crippen LogP contribution is 2.26. The van der Waals surface area contributed by atoms with Crippen molar-refractivity contribution in [3.8, 4) is 17.1 Å². The fourth-order valence-corrected chi connectivity index (χ4v) is 3.78. The van der Waals surface area contributed by atoms with E-state index in [0.717, 1.165) is 50.4 Å². The lowest BCUT2D eigenvalue weighted by atomic mass is 10.1. The number of likely N-dealkylation sites (N-methyl/N-ethyl adjacent to an activating group) is 1. The fraction of sp³-hybridized carbons (Fsp3) is 0.375. The molecule has 33 heavy (non-hydrogen) atoms. The summed E-state index contributed by atoms with van der Waals surface area (Å²) in [7, 11) is 4.24. The van der Waals surface area contributed by atoms with Gasteiger partial charge in [-0.3, -0.25) is 4.90 Å². The molecule has 0 radical (unpaired) electrons. The van der Waals surface area contributed by atoms with Crippen LogP contribution in [0.1, 0.15) is 5.56 Å². The van der Waals surface area contributed by atoms with Crippen molar-refractivity contribution in [2.24, 2.45) is 0 Å². The number of pyridine rings is 1. The molecule has 1 aliphatic heterocycles. The van der Waals surface area contributed by atoms with Crippen LogP contribution in [0.15, 0.2) is 48.8 Å². The Balaban J connectivity index is 1.38. The van der Waals surface area contributed by atoms with Crippen molar-refractivity contribution in [2.75, 3.05) is 69.7 Å². The van der Waals surface area contributed by atoms with Gasteiger partial charge in [-0.25, -0.2) is 15.0 Å².